The normalized spacial score (nSPS) is 16.9. The number of likely N-dealkylation sites (N-methyl/N-ethyl adjacent to an activating group) is 1. The van der Waals surface area contributed by atoms with Crippen molar-refractivity contribution in [1.29, 1.82) is 0 Å². The molecule has 0 aliphatic heterocycles. The van der Waals surface area contributed by atoms with Crippen LogP contribution in [0.15, 0.2) is 29.8 Å². The Morgan fingerprint density at radius 2 is 2.00 bits per heavy atom. The van der Waals surface area contributed by atoms with E-state index in [1.807, 2.05) is 0 Å². The molecule has 0 saturated heterocycles. The minimum Gasteiger partial charge on any atom is -0.314 e. The molecule has 0 radical (unpaired) electrons. The van der Waals surface area contributed by atoms with Gasteiger partial charge in [0.2, 0.25) is 0 Å². The Balaban J connectivity index is 2.00. The Hall–Kier alpha value is -1.22. The van der Waals surface area contributed by atoms with Crippen molar-refractivity contribution in [2.75, 3.05) is 6.54 Å². The molecule has 0 heterocycles. The lowest BCUT2D eigenvalue weighted by molar-refractivity contribution is 0.491. The number of rotatable bonds is 6. The summed E-state index contributed by atoms with van der Waals surface area (Å²) in [5, 5.41) is 3.46. The molecule has 20 heavy (non-hydrogen) atoms. The van der Waals surface area contributed by atoms with Crippen LogP contribution < -0.4 is 5.32 Å². The van der Waals surface area contributed by atoms with Crippen LogP contribution in [0.1, 0.15) is 44.6 Å². The number of nitrogens with one attached hydrogen (secondary N) is 1. The molecular formula is C17H23F2N. The van der Waals surface area contributed by atoms with E-state index in [0.29, 0.717) is 6.04 Å². The summed E-state index contributed by atoms with van der Waals surface area (Å²) in [5.41, 5.74) is 2.36. The van der Waals surface area contributed by atoms with Crippen LogP contribution in [-0.4, -0.2) is 12.6 Å². The third kappa shape index (κ3) is 4.41. The predicted molar refractivity (Wildman–Crippen MR) is 78.7 cm³/mol. The summed E-state index contributed by atoms with van der Waals surface area (Å²) in [6.07, 6.45) is 9.02. The topological polar surface area (TPSA) is 12.0 Å². The van der Waals surface area contributed by atoms with Crippen LogP contribution in [0.3, 0.4) is 0 Å². The van der Waals surface area contributed by atoms with E-state index in [0.717, 1.165) is 24.9 Å². The smallest absolute Gasteiger partial charge is 0.159 e. The fourth-order valence-electron chi connectivity index (χ4n) is 2.86. The first kappa shape index (κ1) is 15.2. The van der Waals surface area contributed by atoms with Gasteiger partial charge in [-0.05, 0) is 62.8 Å². The maximum atomic E-state index is 13.3. The van der Waals surface area contributed by atoms with Crippen molar-refractivity contribution in [2.45, 2.75) is 51.5 Å². The first-order valence-corrected chi connectivity index (χ1v) is 7.54. The van der Waals surface area contributed by atoms with Gasteiger partial charge in [-0.1, -0.05) is 24.6 Å². The second-order valence-electron chi connectivity index (χ2n) is 5.52. The summed E-state index contributed by atoms with van der Waals surface area (Å²) in [7, 11) is 0. The van der Waals surface area contributed by atoms with Gasteiger partial charge in [0.1, 0.15) is 0 Å². The van der Waals surface area contributed by atoms with Gasteiger partial charge in [0, 0.05) is 6.04 Å². The molecule has 1 unspecified atom stereocenters. The molecule has 1 aromatic rings. The number of benzene rings is 1. The zero-order valence-corrected chi connectivity index (χ0v) is 12.1. The van der Waals surface area contributed by atoms with Crippen LogP contribution in [0.25, 0.3) is 0 Å². The Morgan fingerprint density at radius 3 is 2.65 bits per heavy atom. The van der Waals surface area contributed by atoms with Crippen molar-refractivity contribution in [2.24, 2.45) is 0 Å². The van der Waals surface area contributed by atoms with Crippen LogP contribution in [0, 0.1) is 11.6 Å². The summed E-state index contributed by atoms with van der Waals surface area (Å²) in [6, 6.07) is 4.51. The average Bonchev–Trinajstić information content (AvgIpc) is 2.44. The van der Waals surface area contributed by atoms with E-state index in [-0.39, 0.29) is 0 Å². The molecule has 0 amide bonds. The second kappa shape index (κ2) is 7.53. The SMILES string of the molecule is CCNC(CC1=CCCCC1)Cc1ccc(F)c(F)c1. The molecule has 1 aliphatic carbocycles. The van der Waals surface area contributed by atoms with Crippen LogP contribution in [0.5, 0.6) is 0 Å². The maximum Gasteiger partial charge on any atom is 0.159 e. The van der Waals surface area contributed by atoms with Crippen LogP contribution in [0.2, 0.25) is 0 Å². The minimum absolute atomic E-state index is 0.300. The van der Waals surface area contributed by atoms with Crippen molar-refractivity contribution in [3.63, 3.8) is 0 Å². The molecule has 1 atom stereocenters. The lowest BCUT2D eigenvalue weighted by atomic mass is 9.92. The van der Waals surface area contributed by atoms with Crippen molar-refractivity contribution < 1.29 is 8.78 Å². The third-order valence-corrected chi connectivity index (χ3v) is 3.85. The van der Waals surface area contributed by atoms with Crippen LogP contribution in [0.4, 0.5) is 8.78 Å². The summed E-state index contributed by atoms with van der Waals surface area (Å²) < 4.78 is 26.2. The standard InChI is InChI=1S/C17H23F2N/c1-2-20-15(10-13-6-4-3-5-7-13)11-14-8-9-16(18)17(19)12-14/h6,8-9,12,15,20H,2-5,7,10-11H2,1H3. The number of hydrogen-bond donors (Lipinski definition) is 1. The number of halogens is 2. The highest BCUT2D eigenvalue weighted by Crippen LogP contribution is 2.23. The van der Waals surface area contributed by atoms with Gasteiger partial charge in [-0.25, -0.2) is 8.78 Å². The maximum absolute atomic E-state index is 13.3. The average molecular weight is 279 g/mol. The number of hydrogen-bond acceptors (Lipinski definition) is 1. The Kier molecular flexibility index (Phi) is 5.72. The highest BCUT2D eigenvalue weighted by molar-refractivity contribution is 5.20. The van der Waals surface area contributed by atoms with Gasteiger partial charge in [-0.15, -0.1) is 0 Å². The van der Waals surface area contributed by atoms with Crippen molar-refractivity contribution in [1.82, 2.24) is 5.32 Å². The van der Waals surface area contributed by atoms with E-state index in [1.165, 1.54) is 43.4 Å². The second-order valence-corrected chi connectivity index (χ2v) is 5.52. The summed E-state index contributed by atoms with van der Waals surface area (Å²) in [6.45, 7) is 2.97. The van der Waals surface area contributed by atoms with Gasteiger partial charge in [0.25, 0.3) is 0 Å². The van der Waals surface area contributed by atoms with E-state index in [4.69, 9.17) is 0 Å². The molecule has 0 spiro atoms. The van der Waals surface area contributed by atoms with E-state index in [2.05, 4.69) is 18.3 Å². The predicted octanol–water partition coefficient (Wildman–Crippen LogP) is 4.38. The van der Waals surface area contributed by atoms with E-state index in [9.17, 15) is 8.78 Å². The molecule has 0 bridgehead atoms. The molecule has 1 aliphatic rings. The molecular weight excluding hydrogens is 256 g/mol. The van der Waals surface area contributed by atoms with Crippen LogP contribution in [-0.2, 0) is 6.42 Å². The van der Waals surface area contributed by atoms with Gasteiger partial charge >= 0.3 is 0 Å². The molecule has 0 aromatic heterocycles. The first-order valence-electron chi connectivity index (χ1n) is 7.54. The van der Waals surface area contributed by atoms with Crippen molar-refractivity contribution >= 4 is 0 Å². The lowest BCUT2D eigenvalue weighted by Gasteiger charge is -2.21. The highest BCUT2D eigenvalue weighted by atomic mass is 19.2. The summed E-state index contributed by atoms with van der Waals surface area (Å²) in [5.74, 6) is -1.53. The van der Waals surface area contributed by atoms with Gasteiger partial charge < -0.3 is 5.32 Å². The van der Waals surface area contributed by atoms with Gasteiger partial charge in [-0.2, -0.15) is 0 Å². The Bertz CT molecular complexity index is 468. The van der Waals surface area contributed by atoms with Crippen molar-refractivity contribution in [3.05, 3.63) is 47.0 Å². The van der Waals surface area contributed by atoms with Gasteiger partial charge in [0.15, 0.2) is 11.6 Å². The van der Waals surface area contributed by atoms with Crippen LogP contribution >= 0.6 is 0 Å². The van der Waals surface area contributed by atoms with E-state index >= 15 is 0 Å². The Morgan fingerprint density at radius 1 is 1.15 bits per heavy atom. The largest absolute Gasteiger partial charge is 0.314 e. The van der Waals surface area contributed by atoms with Gasteiger partial charge in [-0.3, -0.25) is 0 Å². The molecule has 1 N–H and O–H groups in total. The zero-order valence-electron chi connectivity index (χ0n) is 12.1. The molecule has 1 aromatic carbocycles. The summed E-state index contributed by atoms with van der Waals surface area (Å²) >= 11 is 0. The molecule has 0 saturated carbocycles. The highest BCUT2D eigenvalue weighted by Gasteiger charge is 2.14. The lowest BCUT2D eigenvalue weighted by Crippen LogP contribution is -2.31. The van der Waals surface area contributed by atoms with E-state index in [1.54, 1.807) is 6.07 Å². The Labute approximate surface area is 120 Å². The molecule has 0 fully saturated rings. The summed E-state index contributed by atoms with van der Waals surface area (Å²) in [4.78, 5) is 0. The fraction of sp³-hybridized carbons (Fsp3) is 0.529. The monoisotopic (exact) mass is 279 g/mol. The third-order valence-electron chi connectivity index (χ3n) is 3.85. The van der Waals surface area contributed by atoms with Crippen molar-refractivity contribution in [3.8, 4) is 0 Å². The minimum atomic E-state index is -0.774. The molecule has 1 nitrogen and oxygen atoms in total. The quantitative estimate of drug-likeness (QED) is 0.762. The fourth-order valence-corrected chi connectivity index (χ4v) is 2.86. The first-order chi connectivity index (χ1) is 9.69. The zero-order chi connectivity index (χ0) is 14.4. The molecule has 110 valence electrons. The number of allylic oxidation sites excluding steroid dienone is 1. The van der Waals surface area contributed by atoms with E-state index < -0.39 is 11.6 Å². The molecule has 3 heteroatoms. The van der Waals surface area contributed by atoms with Gasteiger partial charge in [0.05, 0.1) is 0 Å². The molecule has 2 rings (SSSR count).